The van der Waals surface area contributed by atoms with E-state index in [1.54, 1.807) is 17.4 Å². The molecular formula is C13H22N4O2. The number of rotatable bonds is 3. The molecule has 2 heterocycles. The number of hydrogen-bond acceptors (Lipinski definition) is 4. The number of carbonyl (C=O) groups excluding carboxylic acids is 1. The Morgan fingerprint density at radius 1 is 1.63 bits per heavy atom. The normalized spacial score (nSPS) is 19.7. The van der Waals surface area contributed by atoms with Crippen LogP contribution in [0, 0.1) is 0 Å². The first kappa shape index (κ1) is 13.9. The van der Waals surface area contributed by atoms with Gasteiger partial charge in [0.05, 0.1) is 6.33 Å². The van der Waals surface area contributed by atoms with Gasteiger partial charge in [-0.3, -0.25) is 0 Å². The number of nitrogens with one attached hydrogen (secondary N) is 2. The summed E-state index contributed by atoms with van der Waals surface area (Å²) in [6.07, 6.45) is 4.19. The summed E-state index contributed by atoms with van der Waals surface area (Å²) in [6, 6.07) is 0.316. The third-order valence-electron chi connectivity index (χ3n) is 2.98. The van der Waals surface area contributed by atoms with Gasteiger partial charge in [0.2, 0.25) is 0 Å². The van der Waals surface area contributed by atoms with Gasteiger partial charge in [-0.15, -0.1) is 0 Å². The lowest BCUT2D eigenvalue weighted by molar-refractivity contribution is 0.0291. The number of carbonyl (C=O) groups is 1. The molecule has 1 unspecified atom stereocenters. The SMILES string of the molecule is CC(C)(C)OC(=O)N1CCC(NCc2cnc[nH]2)C1. The Morgan fingerprint density at radius 2 is 2.42 bits per heavy atom. The number of aromatic nitrogens is 2. The summed E-state index contributed by atoms with van der Waals surface area (Å²) >= 11 is 0. The average molecular weight is 266 g/mol. The van der Waals surface area contributed by atoms with Crippen molar-refractivity contribution in [3.8, 4) is 0 Å². The van der Waals surface area contributed by atoms with Gasteiger partial charge in [0.25, 0.3) is 0 Å². The largest absolute Gasteiger partial charge is 0.444 e. The highest BCUT2D eigenvalue weighted by Crippen LogP contribution is 2.15. The second kappa shape index (κ2) is 5.61. The van der Waals surface area contributed by atoms with Crippen molar-refractivity contribution in [2.45, 2.75) is 45.4 Å². The van der Waals surface area contributed by atoms with Crippen molar-refractivity contribution in [1.29, 1.82) is 0 Å². The van der Waals surface area contributed by atoms with Gasteiger partial charge in [0.1, 0.15) is 5.60 Å². The topological polar surface area (TPSA) is 70.2 Å². The van der Waals surface area contributed by atoms with Crippen molar-refractivity contribution in [2.24, 2.45) is 0 Å². The zero-order valence-electron chi connectivity index (χ0n) is 11.8. The van der Waals surface area contributed by atoms with Gasteiger partial charge in [-0.2, -0.15) is 0 Å². The fourth-order valence-corrected chi connectivity index (χ4v) is 2.05. The van der Waals surface area contributed by atoms with E-state index in [4.69, 9.17) is 4.74 Å². The Bertz CT molecular complexity index is 411. The van der Waals surface area contributed by atoms with Crippen LogP contribution in [-0.2, 0) is 11.3 Å². The Hall–Kier alpha value is -1.56. The number of aromatic amines is 1. The molecule has 1 aromatic heterocycles. The molecule has 1 amide bonds. The molecule has 1 fully saturated rings. The molecule has 0 saturated carbocycles. The molecule has 1 aliphatic heterocycles. The quantitative estimate of drug-likeness (QED) is 0.870. The van der Waals surface area contributed by atoms with Crippen LogP contribution in [-0.4, -0.2) is 45.7 Å². The summed E-state index contributed by atoms with van der Waals surface area (Å²) < 4.78 is 5.36. The van der Waals surface area contributed by atoms with Gasteiger partial charge in [0.15, 0.2) is 0 Å². The molecule has 2 rings (SSSR count). The molecule has 1 saturated heterocycles. The van der Waals surface area contributed by atoms with Gasteiger partial charge in [-0.1, -0.05) is 0 Å². The minimum absolute atomic E-state index is 0.224. The Balaban J connectivity index is 1.75. The smallest absolute Gasteiger partial charge is 0.410 e. The van der Waals surface area contributed by atoms with Crippen molar-refractivity contribution in [3.05, 3.63) is 18.2 Å². The number of H-pyrrole nitrogens is 1. The van der Waals surface area contributed by atoms with Crippen LogP contribution in [0.1, 0.15) is 32.9 Å². The highest BCUT2D eigenvalue weighted by Gasteiger charge is 2.29. The molecule has 0 bridgehead atoms. The Labute approximate surface area is 113 Å². The molecule has 6 heteroatoms. The number of ether oxygens (including phenoxy) is 1. The van der Waals surface area contributed by atoms with Crippen LogP contribution in [0.2, 0.25) is 0 Å². The summed E-state index contributed by atoms with van der Waals surface area (Å²) in [6.45, 7) is 7.84. The zero-order valence-corrected chi connectivity index (χ0v) is 11.8. The molecule has 106 valence electrons. The highest BCUT2D eigenvalue weighted by molar-refractivity contribution is 5.68. The third-order valence-corrected chi connectivity index (χ3v) is 2.98. The van der Waals surface area contributed by atoms with Crippen molar-refractivity contribution in [1.82, 2.24) is 20.2 Å². The van der Waals surface area contributed by atoms with Crippen LogP contribution in [0.3, 0.4) is 0 Å². The first-order valence-electron chi connectivity index (χ1n) is 6.62. The van der Waals surface area contributed by atoms with E-state index in [2.05, 4.69) is 15.3 Å². The molecule has 0 aromatic carbocycles. The highest BCUT2D eigenvalue weighted by atomic mass is 16.6. The van der Waals surface area contributed by atoms with Gasteiger partial charge < -0.3 is 19.9 Å². The maximum absolute atomic E-state index is 11.9. The third kappa shape index (κ3) is 4.24. The average Bonchev–Trinajstić information content (AvgIpc) is 2.96. The number of nitrogens with zero attached hydrogens (tertiary/aromatic N) is 2. The second-order valence-corrected chi connectivity index (χ2v) is 5.87. The van der Waals surface area contributed by atoms with E-state index in [1.165, 1.54) is 0 Å². The van der Waals surface area contributed by atoms with E-state index in [1.807, 2.05) is 20.8 Å². The van der Waals surface area contributed by atoms with E-state index < -0.39 is 5.60 Å². The van der Waals surface area contributed by atoms with E-state index >= 15 is 0 Å². The molecule has 2 N–H and O–H groups in total. The van der Waals surface area contributed by atoms with Gasteiger partial charge in [0, 0.05) is 37.6 Å². The Morgan fingerprint density at radius 3 is 3.05 bits per heavy atom. The second-order valence-electron chi connectivity index (χ2n) is 5.87. The molecule has 1 aromatic rings. The maximum atomic E-state index is 11.9. The van der Waals surface area contributed by atoms with E-state index in [0.717, 1.165) is 25.2 Å². The molecule has 1 atom stereocenters. The van der Waals surface area contributed by atoms with Crippen molar-refractivity contribution in [3.63, 3.8) is 0 Å². The molecular weight excluding hydrogens is 244 g/mol. The predicted molar refractivity (Wildman–Crippen MR) is 71.6 cm³/mol. The molecule has 0 aliphatic carbocycles. The lowest BCUT2D eigenvalue weighted by atomic mass is 10.2. The van der Waals surface area contributed by atoms with E-state index in [9.17, 15) is 4.79 Å². The molecule has 0 spiro atoms. The summed E-state index contributed by atoms with van der Waals surface area (Å²) in [4.78, 5) is 20.7. The van der Waals surface area contributed by atoms with Crippen LogP contribution < -0.4 is 5.32 Å². The molecule has 1 aliphatic rings. The lowest BCUT2D eigenvalue weighted by Crippen LogP contribution is -2.38. The Kier molecular flexibility index (Phi) is 4.09. The monoisotopic (exact) mass is 266 g/mol. The first-order chi connectivity index (χ1) is 8.94. The summed E-state index contributed by atoms with van der Waals surface area (Å²) in [5.41, 5.74) is 0.620. The minimum Gasteiger partial charge on any atom is -0.444 e. The summed E-state index contributed by atoms with van der Waals surface area (Å²) in [5, 5.41) is 3.41. The number of amides is 1. The zero-order chi connectivity index (χ0) is 13.9. The number of likely N-dealkylation sites (tertiary alicyclic amines) is 1. The maximum Gasteiger partial charge on any atom is 0.410 e. The molecule has 6 nitrogen and oxygen atoms in total. The fraction of sp³-hybridized carbons (Fsp3) is 0.692. The van der Waals surface area contributed by atoms with Crippen LogP contribution in [0.25, 0.3) is 0 Å². The first-order valence-corrected chi connectivity index (χ1v) is 6.62. The molecule has 19 heavy (non-hydrogen) atoms. The predicted octanol–water partition coefficient (Wildman–Crippen LogP) is 1.51. The van der Waals surface area contributed by atoms with Crippen LogP contribution >= 0.6 is 0 Å². The lowest BCUT2D eigenvalue weighted by Gasteiger charge is -2.24. The van der Waals surface area contributed by atoms with Gasteiger partial charge >= 0.3 is 6.09 Å². The standard InChI is InChI=1S/C13H22N4O2/c1-13(2,3)19-12(18)17-5-4-10(8-17)15-7-11-6-14-9-16-11/h6,9-10,15H,4-5,7-8H2,1-3H3,(H,14,16). The van der Waals surface area contributed by atoms with Crippen molar-refractivity contribution < 1.29 is 9.53 Å². The number of imidazole rings is 1. The summed E-state index contributed by atoms with van der Waals surface area (Å²) in [7, 11) is 0. The van der Waals surface area contributed by atoms with Gasteiger partial charge in [-0.05, 0) is 27.2 Å². The fourth-order valence-electron chi connectivity index (χ4n) is 2.05. The minimum atomic E-state index is -0.432. The van der Waals surface area contributed by atoms with Crippen LogP contribution in [0.15, 0.2) is 12.5 Å². The van der Waals surface area contributed by atoms with Gasteiger partial charge in [-0.25, -0.2) is 9.78 Å². The number of hydrogen-bond donors (Lipinski definition) is 2. The van der Waals surface area contributed by atoms with Crippen molar-refractivity contribution >= 4 is 6.09 Å². The van der Waals surface area contributed by atoms with Crippen molar-refractivity contribution in [2.75, 3.05) is 13.1 Å². The van der Waals surface area contributed by atoms with E-state index in [0.29, 0.717) is 12.6 Å². The van der Waals surface area contributed by atoms with Crippen LogP contribution in [0.4, 0.5) is 4.79 Å². The van der Waals surface area contributed by atoms with Crippen LogP contribution in [0.5, 0.6) is 0 Å². The molecule has 0 radical (unpaired) electrons. The summed E-state index contributed by atoms with van der Waals surface area (Å²) in [5.74, 6) is 0. The van der Waals surface area contributed by atoms with E-state index in [-0.39, 0.29) is 6.09 Å².